The fraction of sp³-hybridized carbons (Fsp3) is 0.600. The van der Waals surface area contributed by atoms with Gasteiger partial charge in [-0.05, 0) is 37.5 Å². The van der Waals surface area contributed by atoms with E-state index in [4.69, 9.17) is 9.47 Å². The molecular weight excluding hydrogens is 242 g/mol. The minimum atomic E-state index is -0.906. The molecule has 1 aromatic rings. The lowest BCUT2D eigenvalue weighted by Gasteiger charge is -2.25. The molecule has 0 radical (unpaired) electrons. The standard InChI is InChI=1S/C15H23NO3/c1-15(17,11-16-8-9-18-2)12-4-3-5-14(10-12)19-13-6-7-13/h3-5,10,13,16-17H,6-9,11H2,1-2H3. The molecule has 0 saturated heterocycles. The molecule has 0 spiro atoms. The van der Waals surface area contributed by atoms with E-state index in [0.29, 0.717) is 19.3 Å². The number of hydrogen-bond donors (Lipinski definition) is 2. The molecule has 1 aromatic carbocycles. The molecule has 0 aromatic heterocycles. The second kappa shape index (κ2) is 6.37. The van der Waals surface area contributed by atoms with Gasteiger partial charge >= 0.3 is 0 Å². The van der Waals surface area contributed by atoms with Gasteiger partial charge in [0.1, 0.15) is 5.75 Å². The van der Waals surface area contributed by atoms with E-state index in [9.17, 15) is 5.11 Å². The van der Waals surface area contributed by atoms with Gasteiger partial charge in [-0.2, -0.15) is 0 Å². The molecule has 0 amide bonds. The Labute approximate surface area is 114 Å². The fourth-order valence-corrected chi connectivity index (χ4v) is 1.89. The molecule has 2 rings (SSSR count). The van der Waals surface area contributed by atoms with Crippen LogP contribution in [0.3, 0.4) is 0 Å². The summed E-state index contributed by atoms with van der Waals surface area (Å²) in [4.78, 5) is 0. The molecule has 0 aliphatic heterocycles. The summed E-state index contributed by atoms with van der Waals surface area (Å²) in [6, 6.07) is 7.72. The van der Waals surface area contributed by atoms with Crippen molar-refractivity contribution in [1.82, 2.24) is 5.32 Å². The lowest BCUT2D eigenvalue weighted by molar-refractivity contribution is 0.0547. The van der Waals surface area contributed by atoms with Crippen molar-refractivity contribution in [3.63, 3.8) is 0 Å². The summed E-state index contributed by atoms with van der Waals surface area (Å²) in [5, 5.41) is 13.7. The summed E-state index contributed by atoms with van der Waals surface area (Å²) in [6.07, 6.45) is 2.65. The third-order valence-electron chi connectivity index (χ3n) is 3.24. The average molecular weight is 265 g/mol. The first kappa shape index (κ1) is 14.3. The van der Waals surface area contributed by atoms with Crippen LogP contribution in [0.15, 0.2) is 24.3 Å². The number of hydrogen-bond acceptors (Lipinski definition) is 4. The zero-order valence-electron chi connectivity index (χ0n) is 11.7. The van der Waals surface area contributed by atoms with Gasteiger partial charge in [0, 0.05) is 20.2 Å². The summed E-state index contributed by atoms with van der Waals surface area (Å²) in [7, 11) is 1.67. The van der Waals surface area contributed by atoms with Gasteiger partial charge in [-0.25, -0.2) is 0 Å². The van der Waals surface area contributed by atoms with E-state index in [0.717, 1.165) is 30.7 Å². The minimum absolute atomic E-state index is 0.375. The van der Waals surface area contributed by atoms with Crippen molar-refractivity contribution in [3.8, 4) is 5.75 Å². The summed E-state index contributed by atoms with van der Waals surface area (Å²) >= 11 is 0. The topological polar surface area (TPSA) is 50.7 Å². The molecule has 4 heteroatoms. The predicted octanol–water partition coefficient (Wildman–Crippen LogP) is 1.67. The maximum Gasteiger partial charge on any atom is 0.120 e. The molecule has 0 bridgehead atoms. The van der Waals surface area contributed by atoms with Crippen LogP contribution in [0.5, 0.6) is 5.75 Å². The second-order valence-corrected chi connectivity index (χ2v) is 5.29. The van der Waals surface area contributed by atoms with E-state index in [1.54, 1.807) is 7.11 Å². The zero-order chi connectivity index (χ0) is 13.7. The van der Waals surface area contributed by atoms with Crippen LogP contribution in [0, 0.1) is 0 Å². The lowest BCUT2D eigenvalue weighted by Crippen LogP contribution is -2.36. The number of nitrogens with one attached hydrogen (secondary N) is 1. The van der Waals surface area contributed by atoms with Gasteiger partial charge in [0.2, 0.25) is 0 Å². The molecule has 1 atom stereocenters. The SMILES string of the molecule is COCCNCC(C)(O)c1cccc(OC2CC2)c1. The van der Waals surface area contributed by atoms with E-state index in [1.807, 2.05) is 31.2 Å². The van der Waals surface area contributed by atoms with Crippen LogP contribution in [0.25, 0.3) is 0 Å². The number of aliphatic hydroxyl groups is 1. The quantitative estimate of drug-likeness (QED) is 0.702. The number of ether oxygens (including phenoxy) is 2. The van der Waals surface area contributed by atoms with Gasteiger partial charge in [0.05, 0.1) is 18.3 Å². The van der Waals surface area contributed by atoms with Crippen molar-refractivity contribution >= 4 is 0 Å². The highest BCUT2D eigenvalue weighted by molar-refractivity contribution is 5.32. The summed E-state index contributed by atoms with van der Waals surface area (Å²) in [5.41, 5.74) is -0.0352. The van der Waals surface area contributed by atoms with Gasteiger partial charge in [-0.1, -0.05) is 12.1 Å². The first-order valence-corrected chi connectivity index (χ1v) is 6.81. The molecule has 2 N–H and O–H groups in total. The van der Waals surface area contributed by atoms with E-state index >= 15 is 0 Å². The molecule has 0 heterocycles. The van der Waals surface area contributed by atoms with Crippen molar-refractivity contribution in [2.75, 3.05) is 26.8 Å². The van der Waals surface area contributed by atoms with Crippen LogP contribution >= 0.6 is 0 Å². The van der Waals surface area contributed by atoms with Crippen molar-refractivity contribution in [2.45, 2.75) is 31.5 Å². The summed E-state index contributed by atoms with van der Waals surface area (Å²) in [5.74, 6) is 0.845. The van der Waals surface area contributed by atoms with Crippen molar-refractivity contribution in [1.29, 1.82) is 0 Å². The molecule has 19 heavy (non-hydrogen) atoms. The van der Waals surface area contributed by atoms with Crippen molar-refractivity contribution < 1.29 is 14.6 Å². The molecule has 1 unspecified atom stereocenters. The highest BCUT2D eigenvalue weighted by Crippen LogP contribution is 2.29. The maximum absolute atomic E-state index is 10.5. The van der Waals surface area contributed by atoms with Crippen molar-refractivity contribution in [3.05, 3.63) is 29.8 Å². The van der Waals surface area contributed by atoms with Gasteiger partial charge in [-0.3, -0.25) is 0 Å². The molecule has 1 saturated carbocycles. The van der Waals surface area contributed by atoms with E-state index in [2.05, 4.69) is 5.32 Å². The fourth-order valence-electron chi connectivity index (χ4n) is 1.89. The monoisotopic (exact) mass is 265 g/mol. The Kier molecular flexibility index (Phi) is 4.80. The van der Waals surface area contributed by atoms with E-state index in [1.165, 1.54) is 0 Å². The summed E-state index contributed by atoms with van der Waals surface area (Å²) in [6.45, 7) is 3.66. The van der Waals surface area contributed by atoms with Crippen LogP contribution < -0.4 is 10.1 Å². The Hall–Kier alpha value is -1.10. The number of benzene rings is 1. The Bertz CT molecular complexity index is 402. The van der Waals surface area contributed by atoms with Gasteiger partial charge in [-0.15, -0.1) is 0 Å². The minimum Gasteiger partial charge on any atom is -0.490 e. The predicted molar refractivity (Wildman–Crippen MR) is 74.4 cm³/mol. The van der Waals surface area contributed by atoms with Gasteiger partial charge in [0.25, 0.3) is 0 Å². The molecular formula is C15H23NO3. The number of methoxy groups -OCH3 is 1. The lowest BCUT2D eigenvalue weighted by atomic mass is 9.96. The van der Waals surface area contributed by atoms with Crippen LogP contribution in [-0.4, -0.2) is 38.0 Å². The molecule has 1 aliphatic carbocycles. The first-order chi connectivity index (χ1) is 9.12. The molecule has 4 nitrogen and oxygen atoms in total. The van der Waals surface area contributed by atoms with E-state index < -0.39 is 5.60 Å². The van der Waals surface area contributed by atoms with Gasteiger partial charge < -0.3 is 19.9 Å². The molecule has 1 aliphatic rings. The second-order valence-electron chi connectivity index (χ2n) is 5.29. The summed E-state index contributed by atoms with van der Waals surface area (Å²) < 4.78 is 10.7. The Balaban J connectivity index is 1.93. The molecule has 1 fully saturated rings. The third-order valence-corrected chi connectivity index (χ3v) is 3.24. The molecule has 106 valence electrons. The highest BCUT2D eigenvalue weighted by Gasteiger charge is 2.26. The van der Waals surface area contributed by atoms with Crippen molar-refractivity contribution in [2.24, 2.45) is 0 Å². The smallest absolute Gasteiger partial charge is 0.120 e. The highest BCUT2D eigenvalue weighted by atomic mass is 16.5. The first-order valence-electron chi connectivity index (χ1n) is 6.81. The van der Waals surface area contributed by atoms with E-state index in [-0.39, 0.29) is 0 Å². The average Bonchev–Trinajstić information content (AvgIpc) is 3.19. The van der Waals surface area contributed by atoms with Crippen LogP contribution in [0.1, 0.15) is 25.3 Å². The largest absolute Gasteiger partial charge is 0.490 e. The Morgan fingerprint density at radius 2 is 2.21 bits per heavy atom. The van der Waals surface area contributed by atoms with Crippen LogP contribution in [-0.2, 0) is 10.3 Å². The number of rotatable bonds is 8. The zero-order valence-corrected chi connectivity index (χ0v) is 11.7. The Morgan fingerprint density at radius 1 is 1.42 bits per heavy atom. The normalized spacial score (nSPS) is 18.1. The third kappa shape index (κ3) is 4.49. The van der Waals surface area contributed by atoms with Crippen LogP contribution in [0.2, 0.25) is 0 Å². The van der Waals surface area contributed by atoms with Gasteiger partial charge in [0.15, 0.2) is 0 Å². The maximum atomic E-state index is 10.5. The van der Waals surface area contributed by atoms with Crippen LogP contribution in [0.4, 0.5) is 0 Å². The Morgan fingerprint density at radius 3 is 2.89 bits per heavy atom.